The molecule has 3 rings (SSSR count). The summed E-state index contributed by atoms with van der Waals surface area (Å²) in [5.74, 6) is -0.979. The van der Waals surface area contributed by atoms with Gasteiger partial charge in [-0.2, -0.15) is 8.42 Å². The summed E-state index contributed by atoms with van der Waals surface area (Å²) < 4.78 is 46.2. The van der Waals surface area contributed by atoms with Crippen LogP contribution in [0, 0.1) is 10.1 Å². The molecular formula is C14H17NO9S. The molecule has 138 valence electrons. The minimum absolute atomic E-state index is 0.117. The van der Waals surface area contributed by atoms with Crippen molar-refractivity contribution >= 4 is 15.8 Å². The topological polar surface area (TPSA) is 134 Å². The van der Waals surface area contributed by atoms with E-state index in [1.165, 1.54) is 0 Å². The van der Waals surface area contributed by atoms with Gasteiger partial charge in [-0.05, 0) is 26.0 Å². The Morgan fingerprint density at radius 2 is 1.96 bits per heavy atom. The lowest BCUT2D eigenvalue weighted by molar-refractivity contribution is -0.384. The molecule has 2 heterocycles. The van der Waals surface area contributed by atoms with Gasteiger partial charge < -0.3 is 19.3 Å². The number of aliphatic hydroxyl groups is 1. The molecule has 1 aromatic carbocycles. The van der Waals surface area contributed by atoms with Crippen LogP contribution in [-0.2, 0) is 28.5 Å². The highest BCUT2D eigenvalue weighted by atomic mass is 32.2. The minimum Gasteiger partial charge on any atom is -0.366 e. The first-order valence-electron chi connectivity index (χ1n) is 7.42. The Kier molecular flexibility index (Phi) is 4.56. The zero-order valence-corrected chi connectivity index (χ0v) is 14.2. The predicted molar refractivity (Wildman–Crippen MR) is 80.9 cm³/mol. The van der Waals surface area contributed by atoms with Crippen LogP contribution in [0.5, 0.6) is 0 Å². The highest BCUT2D eigenvalue weighted by Gasteiger charge is 2.53. The van der Waals surface area contributed by atoms with Crippen LogP contribution in [0.2, 0.25) is 0 Å². The molecule has 10 nitrogen and oxygen atoms in total. The summed E-state index contributed by atoms with van der Waals surface area (Å²) in [5, 5.41) is 20.6. The fraction of sp³-hybridized carbons (Fsp3) is 0.571. The van der Waals surface area contributed by atoms with Crippen LogP contribution >= 0.6 is 0 Å². The number of hydrogen-bond acceptors (Lipinski definition) is 9. The molecule has 0 saturated carbocycles. The standard InChI is InChI=1S/C14H17NO9S/c1-14(2)21-7-10-11(23-14)12(13(16)22-10)24-25(19,20)9-5-3-8(4-6-9)15(17)18/h3-6,10-13,16H,7H2,1-2H3/t10-,11+,12-,13?/m1/s1. The predicted octanol–water partition coefficient (Wildman–Crippen LogP) is 0.537. The van der Waals surface area contributed by atoms with Gasteiger partial charge in [-0.1, -0.05) is 0 Å². The number of non-ortho nitro benzene ring substituents is 1. The summed E-state index contributed by atoms with van der Waals surface area (Å²) in [7, 11) is -4.29. The van der Waals surface area contributed by atoms with Crippen molar-refractivity contribution in [1.29, 1.82) is 0 Å². The molecule has 0 amide bonds. The van der Waals surface area contributed by atoms with Crippen molar-refractivity contribution in [2.45, 2.75) is 49.1 Å². The van der Waals surface area contributed by atoms with E-state index in [1.807, 2.05) is 0 Å². The summed E-state index contributed by atoms with van der Waals surface area (Å²) in [5.41, 5.74) is -0.252. The van der Waals surface area contributed by atoms with Gasteiger partial charge >= 0.3 is 0 Å². The first kappa shape index (κ1) is 18.2. The Morgan fingerprint density at radius 3 is 2.56 bits per heavy atom. The van der Waals surface area contributed by atoms with E-state index in [4.69, 9.17) is 18.4 Å². The smallest absolute Gasteiger partial charge is 0.297 e. The molecule has 25 heavy (non-hydrogen) atoms. The molecule has 2 aliphatic rings. The number of benzene rings is 1. The maximum Gasteiger partial charge on any atom is 0.297 e. The Morgan fingerprint density at radius 1 is 1.32 bits per heavy atom. The van der Waals surface area contributed by atoms with E-state index < -0.39 is 45.4 Å². The first-order chi connectivity index (χ1) is 11.6. The van der Waals surface area contributed by atoms with Crippen molar-refractivity contribution in [2.24, 2.45) is 0 Å². The Hall–Kier alpha value is -1.63. The Bertz CT molecular complexity index is 761. The van der Waals surface area contributed by atoms with Crippen molar-refractivity contribution in [3.05, 3.63) is 34.4 Å². The summed E-state index contributed by atoms with van der Waals surface area (Å²) in [6, 6.07) is 4.22. The van der Waals surface area contributed by atoms with Crippen LogP contribution < -0.4 is 0 Å². The van der Waals surface area contributed by atoms with Gasteiger partial charge in [-0.25, -0.2) is 0 Å². The van der Waals surface area contributed by atoms with E-state index in [-0.39, 0.29) is 17.2 Å². The van der Waals surface area contributed by atoms with Gasteiger partial charge in [0.05, 0.1) is 16.4 Å². The van der Waals surface area contributed by atoms with E-state index in [2.05, 4.69) is 0 Å². The number of nitro groups is 1. The second-order valence-electron chi connectivity index (χ2n) is 6.12. The van der Waals surface area contributed by atoms with E-state index >= 15 is 0 Å². The van der Waals surface area contributed by atoms with Crippen molar-refractivity contribution in [3.8, 4) is 0 Å². The van der Waals surface area contributed by atoms with Gasteiger partial charge in [0.25, 0.3) is 15.8 Å². The summed E-state index contributed by atoms with van der Waals surface area (Å²) >= 11 is 0. The Balaban J connectivity index is 1.80. The van der Waals surface area contributed by atoms with Crippen molar-refractivity contribution in [1.82, 2.24) is 0 Å². The van der Waals surface area contributed by atoms with E-state index in [0.29, 0.717) is 0 Å². The third-order valence-corrected chi connectivity index (χ3v) is 5.20. The van der Waals surface area contributed by atoms with Crippen LogP contribution in [0.4, 0.5) is 5.69 Å². The van der Waals surface area contributed by atoms with Crippen LogP contribution in [-0.4, -0.2) is 55.4 Å². The third kappa shape index (κ3) is 3.66. The zero-order valence-electron chi connectivity index (χ0n) is 13.4. The van der Waals surface area contributed by atoms with Gasteiger partial charge in [0.1, 0.15) is 12.2 Å². The first-order valence-corrected chi connectivity index (χ1v) is 8.83. The number of nitrogens with zero attached hydrogens (tertiary/aromatic N) is 1. The number of hydrogen-bond donors (Lipinski definition) is 1. The molecule has 2 fully saturated rings. The zero-order chi connectivity index (χ0) is 18.4. The van der Waals surface area contributed by atoms with Crippen molar-refractivity contribution in [2.75, 3.05) is 6.61 Å². The van der Waals surface area contributed by atoms with Gasteiger partial charge in [-0.15, -0.1) is 0 Å². The molecule has 1 N–H and O–H groups in total. The minimum atomic E-state index is -4.29. The van der Waals surface area contributed by atoms with Gasteiger partial charge in [0, 0.05) is 12.1 Å². The fourth-order valence-electron chi connectivity index (χ4n) is 2.67. The van der Waals surface area contributed by atoms with Crippen LogP contribution in [0.1, 0.15) is 13.8 Å². The molecule has 4 atom stereocenters. The highest BCUT2D eigenvalue weighted by molar-refractivity contribution is 7.86. The van der Waals surface area contributed by atoms with E-state index in [0.717, 1.165) is 24.3 Å². The molecule has 2 saturated heterocycles. The van der Waals surface area contributed by atoms with Gasteiger partial charge in [0.2, 0.25) is 0 Å². The largest absolute Gasteiger partial charge is 0.366 e. The number of ether oxygens (including phenoxy) is 3. The van der Waals surface area contributed by atoms with Crippen molar-refractivity contribution in [3.63, 3.8) is 0 Å². The summed E-state index contributed by atoms with van der Waals surface area (Å²) in [4.78, 5) is 9.73. The lowest BCUT2D eigenvalue weighted by Gasteiger charge is -2.38. The van der Waals surface area contributed by atoms with Crippen LogP contribution in [0.15, 0.2) is 29.2 Å². The quantitative estimate of drug-likeness (QED) is 0.454. The maximum absolute atomic E-state index is 12.4. The maximum atomic E-state index is 12.4. The average Bonchev–Trinajstić information content (AvgIpc) is 2.82. The molecule has 11 heteroatoms. The molecule has 1 unspecified atom stereocenters. The second-order valence-corrected chi connectivity index (χ2v) is 7.70. The monoisotopic (exact) mass is 375 g/mol. The van der Waals surface area contributed by atoms with Crippen LogP contribution in [0.3, 0.4) is 0 Å². The van der Waals surface area contributed by atoms with Crippen molar-refractivity contribution < 1.29 is 36.8 Å². The third-order valence-electron chi connectivity index (χ3n) is 3.87. The molecule has 0 bridgehead atoms. The summed E-state index contributed by atoms with van der Waals surface area (Å²) in [6.45, 7) is 3.41. The second kappa shape index (κ2) is 6.27. The number of fused-ring (bicyclic) bond motifs is 1. The molecule has 0 aliphatic carbocycles. The molecule has 0 spiro atoms. The highest BCUT2D eigenvalue weighted by Crippen LogP contribution is 2.35. The lowest BCUT2D eigenvalue weighted by Crippen LogP contribution is -2.51. The van der Waals surface area contributed by atoms with Crippen LogP contribution in [0.25, 0.3) is 0 Å². The SMILES string of the molecule is CC1(C)OC[C@H]2OC(O)[C@H](OS(=O)(=O)c3ccc([N+](=O)[O-])cc3)[C@H]2O1. The van der Waals surface area contributed by atoms with Gasteiger partial charge in [-0.3, -0.25) is 14.3 Å². The van der Waals surface area contributed by atoms with Gasteiger partial charge in [0.15, 0.2) is 18.2 Å². The van der Waals surface area contributed by atoms with E-state index in [9.17, 15) is 23.6 Å². The Labute approximate surface area is 143 Å². The van der Waals surface area contributed by atoms with E-state index in [1.54, 1.807) is 13.8 Å². The summed E-state index contributed by atoms with van der Waals surface area (Å²) in [6.07, 6.45) is -4.31. The molecule has 0 radical (unpaired) electrons. The average molecular weight is 375 g/mol. The number of nitro benzene ring substituents is 1. The lowest BCUT2D eigenvalue weighted by atomic mass is 10.1. The molecule has 0 aromatic heterocycles. The molecular weight excluding hydrogens is 358 g/mol. The molecule has 2 aliphatic heterocycles. The molecule has 1 aromatic rings. The number of rotatable bonds is 4. The normalized spacial score (nSPS) is 31.5. The number of aliphatic hydroxyl groups excluding tert-OH is 1. The fourth-order valence-corrected chi connectivity index (χ4v) is 3.75.